The van der Waals surface area contributed by atoms with E-state index in [9.17, 15) is 14.7 Å². The Bertz CT molecular complexity index is 1200. The molecule has 0 saturated heterocycles. The quantitative estimate of drug-likeness (QED) is 0.277. The number of ketones is 2. The van der Waals surface area contributed by atoms with Crippen LogP contribution in [0.4, 0.5) is 0 Å². The summed E-state index contributed by atoms with van der Waals surface area (Å²) in [5.74, 6) is 1.68. The number of hydrogen-bond donors (Lipinski definition) is 1. The average molecular weight is 511 g/mol. The van der Waals surface area contributed by atoms with E-state index < -0.39 is 0 Å². The van der Waals surface area contributed by atoms with E-state index in [4.69, 9.17) is 0 Å². The molecule has 3 heteroatoms. The van der Waals surface area contributed by atoms with Gasteiger partial charge in [0.1, 0.15) is 11.5 Å². The summed E-state index contributed by atoms with van der Waals surface area (Å²) in [6.45, 7) is 4.33. The summed E-state index contributed by atoms with van der Waals surface area (Å²) in [4.78, 5) is 25.9. The summed E-state index contributed by atoms with van der Waals surface area (Å²) >= 11 is 0. The van der Waals surface area contributed by atoms with E-state index in [1.54, 1.807) is 12.1 Å². The fourth-order valence-corrected chi connectivity index (χ4v) is 6.05. The molecule has 3 atom stereocenters. The molecule has 0 bridgehead atoms. The highest BCUT2D eigenvalue weighted by Crippen LogP contribution is 2.36. The predicted octanol–water partition coefficient (Wildman–Crippen LogP) is 8.51. The van der Waals surface area contributed by atoms with Gasteiger partial charge in [-0.2, -0.15) is 0 Å². The molecule has 3 unspecified atom stereocenters. The third-order valence-corrected chi connectivity index (χ3v) is 8.25. The fourth-order valence-electron chi connectivity index (χ4n) is 6.05. The Balaban J connectivity index is 1.30. The van der Waals surface area contributed by atoms with Crippen LogP contribution < -0.4 is 0 Å². The van der Waals surface area contributed by atoms with Crippen molar-refractivity contribution in [1.29, 1.82) is 0 Å². The number of benzene rings is 2. The van der Waals surface area contributed by atoms with E-state index in [1.807, 2.05) is 24.3 Å². The molecule has 1 N–H and O–H groups in total. The van der Waals surface area contributed by atoms with Crippen LogP contribution in [-0.2, 0) is 16.0 Å². The Hall–Kier alpha value is -3.20. The number of hydrogen-bond acceptors (Lipinski definition) is 3. The molecule has 0 aliphatic heterocycles. The highest BCUT2D eigenvalue weighted by Gasteiger charge is 2.23. The largest absolute Gasteiger partial charge is 0.508 e. The van der Waals surface area contributed by atoms with Gasteiger partial charge in [-0.3, -0.25) is 9.59 Å². The normalized spacial score (nSPS) is 17.6. The summed E-state index contributed by atoms with van der Waals surface area (Å²) in [6.07, 6.45) is 19.1. The molecule has 4 rings (SSSR count). The van der Waals surface area contributed by atoms with Crippen molar-refractivity contribution in [2.24, 2.45) is 11.8 Å². The second-order valence-corrected chi connectivity index (χ2v) is 11.0. The van der Waals surface area contributed by atoms with Crippen molar-refractivity contribution in [3.05, 3.63) is 94.6 Å². The third-order valence-electron chi connectivity index (χ3n) is 8.25. The molecule has 0 heterocycles. The first kappa shape index (κ1) is 27.8. The van der Waals surface area contributed by atoms with Crippen molar-refractivity contribution in [2.45, 2.75) is 84.0 Å². The van der Waals surface area contributed by atoms with Crippen molar-refractivity contribution < 1.29 is 14.7 Å². The van der Waals surface area contributed by atoms with Crippen LogP contribution in [0.15, 0.2) is 72.3 Å². The van der Waals surface area contributed by atoms with Crippen LogP contribution in [0, 0.1) is 11.8 Å². The maximum Gasteiger partial charge on any atom is 0.162 e. The molecule has 0 saturated carbocycles. The summed E-state index contributed by atoms with van der Waals surface area (Å²) in [5.41, 5.74) is 5.70. The van der Waals surface area contributed by atoms with E-state index in [2.05, 4.69) is 50.3 Å². The van der Waals surface area contributed by atoms with Gasteiger partial charge in [0.05, 0.1) is 0 Å². The second kappa shape index (κ2) is 13.6. The molecule has 0 radical (unpaired) electrons. The van der Waals surface area contributed by atoms with E-state index in [-0.39, 0.29) is 17.6 Å². The van der Waals surface area contributed by atoms with Gasteiger partial charge >= 0.3 is 0 Å². The Morgan fingerprint density at radius 2 is 1.82 bits per heavy atom. The van der Waals surface area contributed by atoms with Gasteiger partial charge in [0.15, 0.2) is 5.78 Å². The molecule has 0 spiro atoms. The minimum atomic E-state index is 0.119. The SMILES string of the molecule is CCCC(CCCC(CC)CC(=O)Cc1ccc2c(c1)C=CCC2c1ccc(O)cc1)C(=O)C1=CC=CC1. The van der Waals surface area contributed by atoms with Crippen LogP contribution in [0.25, 0.3) is 6.08 Å². The summed E-state index contributed by atoms with van der Waals surface area (Å²) in [7, 11) is 0. The van der Waals surface area contributed by atoms with Crippen molar-refractivity contribution in [1.82, 2.24) is 0 Å². The topological polar surface area (TPSA) is 54.4 Å². The average Bonchev–Trinajstić information content (AvgIpc) is 3.47. The van der Waals surface area contributed by atoms with Gasteiger partial charge < -0.3 is 5.11 Å². The van der Waals surface area contributed by atoms with Gasteiger partial charge in [-0.15, -0.1) is 0 Å². The zero-order valence-electron chi connectivity index (χ0n) is 23.0. The lowest BCUT2D eigenvalue weighted by molar-refractivity contribution is -0.120. The number of rotatable bonds is 14. The van der Waals surface area contributed by atoms with Gasteiger partial charge in [0, 0.05) is 24.7 Å². The minimum Gasteiger partial charge on any atom is -0.508 e. The van der Waals surface area contributed by atoms with Crippen LogP contribution in [0.3, 0.4) is 0 Å². The molecular weight excluding hydrogens is 468 g/mol. The molecule has 2 aliphatic rings. The summed E-state index contributed by atoms with van der Waals surface area (Å²) in [5, 5.41) is 9.64. The highest BCUT2D eigenvalue weighted by molar-refractivity contribution is 5.98. The maximum atomic E-state index is 13.0. The lowest BCUT2D eigenvalue weighted by Crippen LogP contribution is -2.17. The van der Waals surface area contributed by atoms with E-state index in [0.29, 0.717) is 30.3 Å². The van der Waals surface area contributed by atoms with Crippen molar-refractivity contribution >= 4 is 17.6 Å². The Morgan fingerprint density at radius 1 is 1.00 bits per heavy atom. The van der Waals surface area contributed by atoms with Crippen molar-refractivity contribution in [3.63, 3.8) is 0 Å². The molecule has 0 fully saturated rings. The van der Waals surface area contributed by atoms with Gasteiger partial charge in [0.25, 0.3) is 0 Å². The fraction of sp³-hybridized carbons (Fsp3) is 0.429. The van der Waals surface area contributed by atoms with E-state index >= 15 is 0 Å². The zero-order valence-corrected chi connectivity index (χ0v) is 23.0. The summed E-state index contributed by atoms with van der Waals surface area (Å²) in [6, 6.07) is 13.9. The van der Waals surface area contributed by atoms with E-state index in [1.165, 1.54) is 16.7 Å². The number of fused-ring (bicyclic) bond motifs is 1. The molecule has 200 valence electrons. The van der Waals surface area contributed by atoms with Gasteiger partial charge in [0.2, 0.25) is 0 Å². The van der Waals surface area contributed by atoms with Crippen LogP contribution in [-0.4, -0.2) is 16.7 Å². The number of carbonyl (C=O) groups is 2. The van der Waals surface area contributed by atoms with Crippen molar-refractivity contribution in [3.8, 4) is 5.75 Å². The van der Waals surface area contributed by atoms with Gasteiger partial charge in [-0.25, -0.2) is 0 Å². The molecule has 0 amide bonds. The summed E-state index contributed by atoms with van der Waals surface area (Å²) < 4.78 is 0. The molecule has 3 nitrogen and oxygen atoms in total. The standard InChI is InChI=1S/C35H42O3/c1-3-9-28(35(38)29-11-5-6-12-29)13-7-10-25(4-2)23-32(37)24-26-16-21-34-30(22-26)14-8-15-33(34)27-17-19-31(36)20-18-27/h5-6,8,11,14,16-22,25,28,33,36H,3-4,7,9-10,12-13,15,23-24H2,1-2H3. The minimum absolute atomic E-state index is 0.119. The van der Waals surface area contributed by atoms with Gasteiger partial charge in [-0.05, 0) is 71.6 Å². The Kier molecular flexibility index (Phi) is 9.92. The first-order chi connectivity index (χ1) is 18.5. The number of Topliss-reactive ketones (excluding diaryl/α,β-unsaturated/α-hetero) is 2. The Morgan fingerprint density at radius 3 is 2.53 bits per heavy atom. The smallest absolute Gasteiger partial charge is 0.162 e. The van der Waals surface area contributed by atoms with Crippen LogP contribution in [0.2, 0.25) is 0 Å². The van der Waals surface area contributed by atoms with Crippen molar-refractivity contribution in [2.75, 3.05) is 0 Å². The van der Waals surface area contributed by atoms with Crippen LogP contribution in [0.1, 0.15) is 99.8 Å². The van der Waals surface area contributed by atoms with Gasteiger partial charge in [-0.1, -0.05) is 100 Å². The number of phenols is 1. The predicted molar refractivity (Wildman–Crippen MR) is 156 cm³/mol. The number of carbonyl (C=O) groups excluding carboxylic acids is 2. The first-order valence-corrected chi connectivity index (χ1v) is 14.5. The molecule has 2 aromatic carbocycles. The number of allylic oxidation sites excluding steroid dienone is 5. The maximum absolute atomic E-state index is 13.0. The zero-order chi connectivity index (χ0) is 26.9. The molecular formula is C35H42O3. The highest BCUT2D eigenvalue weighted by atomic mass is 16.3. The molecule has 2 aromatic rings. The van der Waals surface area contributed by atoms with Crippen LogP contribution >= 0.6 is 0 Å². The molecule has 0 aromatic heterocycles. The van der Waals surface area contributed by atoms with E-state index in [0.717, 1.165) is 62.5 Å². The lowest BCUT2D eigenvalue weighted by Gasteiger charge is -2.23. The third kappa shape index (κ3) is 7.22. The molecule has 38 heavy (non-hydrogen) atoms. The Labute approximate surface area is 228 Å². The monoisotopic (exact) mass is 510 g/mol. The first-order valence-electron chi connectivity index (χ1n) is 14.5. The number of phenolic OH excluding ortho intramolecular Hbond substituents is 1. The number of aromatic hydroxyl groups is 1. The lowest BCUT2D eigenvalue weighted by atomic mass is 9.81. The molecule has 2 aliphatic carbocycles. The van der Waals surface area contributed by atoms with Crippen LogP contribution in [0.5, 0.6) is 5.75 Å². The second-order valence-electron chi connectivity index (χ2n) is 11.0.